The standard InChI is InChI=1S/C24H20ClF2N3O3S/c1-14(22-20(26)7-8-21(23(22)27)30-34(31,32)10-9-33-2)19-13-29-24-18(19)11-16(12-28-24)15-3-5-17(25)6-4-15/h3-8,11-13,30H,1,9-10H2,2H3,(H,28,29). The fraction of sp³-hybridized carbons (Fsp3) is 0.125. The first-order chi connectivity index (χ1) is 16.2. The highest BCUT2D eigenvalue weighted by molar-refractivity contribution is 7.92. The molecule has 0 saturated heterocycles. The summed E-state index contributed by atoms with van der Waals surface area (Å²) in [5.41, 5.74) is 1.79. The van der Waals surface area contributed by atoms with E-state index in [4.69, 9.17) is 16.3 Å². The van der Waals surface area contributed by atoms with Gasteiger partial charge in [0.25, 0.3) is 0 Å². The zero-order chi connectivity index (χ0) is 24.5. The lowest BCUT2D eigenvalue weighted by Gasteiger charge is -2.14. The molecule has 0 unspecified atom stereocenters. The summed E-state index contributed by atoms with van der Waals surface area (Å²) >= 11 is 5.97. The molecule has 2 aromatic heterocycles. The number of aromatic nitrogens is 2. The maximum Gasteiger partial charge on any atom is 0.235 e. The van der Waals surface area contributed by atoms with Gasteiger partial charge in [-0.3, -0.25) is 4.72 Å². The molecule has 4 aromatic rings. The number of anilines is 1. The molecular weight excluding hydrogens is 484 g/mol. The Hall–Kier alpha value is -3.27. The highest BCUT2D eigenvalue weighted by Crippen LogP contribution is 2.35. The van der Waals surface area contributed by atoms with Crippen molar-refractivity contribution in [3.05, 3.63) is 89.2 Å². The van der Waals surface area contributed by atoms with Crippen LogP contribution < -0.4 is 4.72 Å². The van der Waals surface area contributed by atoms with E-state index in [1.54, 1.807) is 24.5 Å². The molecule has 6 nitrogen and oxygen atoms in total. The maximum absolute atomic E-state index is 15.3. The van der Waals surface area contributed by atoms with Crippen molar-refractivity contribution in [2.75, 3.05) is 24.2 Å². The Morgan fingerprint density at radius 3 is 2.62 bits per heavy atom. The summed E-state index contributed by atoms with van der Waals surface area (Å²) in [5, 5.41) is 1.19. The summed E-state index contributed by atoms with van der Waals surface area (Å²) in [6, 6.07) is 11.0. The SMILES string of the molecule is C=C(c1c(F)ccc(NS(=O)(=O)CCOC)c1F)c1c[nH]c2ncc(-c3ccc(Cl)cc3)cc12. The van der Waals surface area contributed by atoms with Crippen LogP contribution in [-0.2, 0) is 14.8 Å². The average Bonchev–Trinajstić information content (AvgIpc) is 3.23. The van der Waals surface area contributed by atoms with Crippen molar-refractivity contribution < 1.29 is 21.9 Å². The number of halogens is 3. The molecule has 0 radical (unpaired) electrons. The molecule has 0 amide bonds. The molecule has 0 atom stereocenters. The summed E-state index contributed by atoms with van der Waals surface area (Å²) in [6.45, 7) is 3.82. The predicted molar refractivity (Wildman–Crippen MR) is 130 cm³/mol. The normalized spacial score (nSPS) is 11.6. The topological polar surface area (TPSA) is 84.1 Å². The van der Waals surface area contributed by atoms with E-state index >= 15 is 4.39 Å². The lowest BCUT2D eigenvalue weighted by molar-refractivity contribution is 0.217. The van der Waals surface area contributed by atoms with E-state index in [0.29, 0.717) is 21.6 Å². The van der Waals surface area contributed by atoms with Crippen molar-refractivity contribution in [1.82, 2.24) is 9.97 Å². The lowest BCUT2D eigenvalue weighted by Crippen LogP contribution is -2.20. The number of benzene rings is 2. The van der Waals surface area contributed by atoms with Gasteiger partial charge in [0, 0.05) is 41.0 Å². The zero-order valence-electron chi connectivity index (χ0n) is 18.0. The number of sulfonamides is 1. The van der Waals surface area contributed by atoms with Gasteiger partial charge in [-0.25, -0.2) is 22.2 Å². The van der Waals surface area contributed by atoms with Crippen LogP contribution in [0.2, 0.25) is 5.02 Å². The third kappa shape index (κ3) is 4.82. The van der Waals surface area contributed by atoms with E-state index in [1.165, 1.54) is 7.11 Å². The van der Waals surface area contributed by atoms with Crippen LogP contribution in [0.4, 0.5) is 14.5 Å². The molecule has 10 heteroatoms. The molecule has 0 aliphatic heterocycles. The number of aromatic amines is 1. The first-order valence-electron chi connectivity index (χ1n) is 10.1. The van der Waals surface area contributed by atoms with Gasteiger partial charge in [-0.1, -0.05) is 30.3 Å². The van der Waals surface area contributed by atoms with E-state index in [0.717, 1.165) is 23.3 Å². The molecule has 4 rings (SSSR count). The number of hydrogen-bond acceptors (Lipinski definition) is 4. The fourth-order valence-corrected chi connectivity index (χ4v) is 4.61. The predicted octanol–water partition coefficient (Wildman–Crippen LogP) is 5.61. The molecule has 0 saturated carbocycles. The molecule has 2 N–H and O–H groups in total. The van der Waals surface area contributed by atoms with Gasteiger partial charge in [-0.2, -0.15) is 0 Å². The number of methoxy groups -OCH3 is 1. The molecular formula is C24H20ClF2N3O3S. The number of fused-ring (bicyclic) bond motifs is 1. The van der Waals surface area contributed by atoms with Crippen LogP contribution in [0.1, 0.15) is 11.1 Å². The Morgan fingerprint density at radius 1 is 1.18 bits per heavy atom. The minimum atomic E-state index is -3.90. The Morgan fingerprint density at radius 2 is 1.91 bits per heavy atom. The molecule has 2 aromatic carbocycles. The summed E-state index contributed by atoms with van der Waals surface area (Å²) in [6.07, 6.45) is 3.23. The second kappa shape index (κ2) is 9.54. The van der Waals surface area contributed by atoms with Gasteiger partial charge in [0.15, 0.2) is 5.82 Å². The Kier molecular flexibility index (Phi) is 6.70. The van der Waals surface area contributed by atoms with E-state index in [2.05, 4.69) is 21.3 Å². The molecule has 0 spiro atoms. The van der Waals surface area contributed by atoms with E-state index in [-0.39, 0.29) is 23.6 Å². The van der Waals surface area contributed by atoms with E-state index in [9.17, 15) is 12.8 Å². The summed E-state index contributed by atoms with van der Waals surface area (Å²) in [5.74, 6) is -2.32. The smallest absolute Gasteiger partial charge is 0.235 e. The van der Waals surface area contributed by atoms with Crippen molar-refractivity contribution in [1.29, 1.82) is 0 Å². The third-order valence-electron chi connectivity index (χ3n) is 5.25. The summed E-state index contributed by atoms with van der Waals surface area (Å²) in [4.78, 5) is 7.37. The van der Waals surface area contributed by atoms with Crippen LogP contribution in [0, 0.1) is 11.6 Å². The molecule has 0 aliphatic carbocycles. The molecule has 0 fully saturated rings. The van der Waals surface area contributed by atoms with Crippen LogP contribution in [0.15, 0.2) is 61.4 Å². The highest BCUT2D eigenvalue weighted by atomic mass is 35.5. The summed E-state index contributed by atoms with van der Waals surface area (Å²) in [7, 11) is -2.54. The van der Waals surface area contributed by atoms with Gasteiger partial charge >= 0.3 is 0 Å². The zero-order valence-corrected chi connectivity index (χ0v) is 19.6. The van der Waals surface area contributed by atoms with Crippen LogP contribution >= 0.6 is 11.6 Å². The van der Waals surface area contributed by atoms with Crippen molar-refractivity contribution in [3.63, 3.8) is 0 Å². The van der Waals surface area contributed by atoms with Crippen LogP contribution in [-0.4, -0.2) is 37.9 Å². The number of nitrogens with zero attached hydrogens (tertiary/aromatic N) is 1. The van der Waals surface area contributed by atoms with Gasteiger partial charge in [-0.05, 0) is 41.5 Å². The third-order valence-corrected chi connectivity index (χ3v) is 6.74. The van der Waals surface area contributed by atoms with Gasteiger partial charge < -0.3 is 9.72 Å². The van der Waals surface area contributed by atoms with Gasteiger partial charge in [-0.15, -0.1) is 0 Å². The quantitative estimate of drug-likeness (QED) is 0.327. The van der Waals surface area contributed by atoms with Crippen molar-refractivity contribution in [2.45, 2.75) is 0 Å². The monoisotopic (exact) mass is 503 g/mol. The largest absolute Gasteiger partial charge is 0.384 e. The highest BCUT2D eigenvalue weighted by Gasteiger charge is 2.22. The average molecular weight is 504 g/mol. The number of ether oxygens (including phenoxy) is 1. The Labute approximate surface area is 200 Å². The Balaban J connectivity index is 1.75. The van der Waals surface area contributed by atoms with E-state index in [1.807, 2.05) is 18.2 Å². The fourth-order valence-electron chi connectivity index (χ4n) is 3.51. The van der Waals surface area contributed by atoms with Crippen LogP contribution in [0.5, 0.6) is 0 Å². The van der Waals surface area contributed by atoms with Crippen LogP contribution in [0.25, 0.3) is 27.7 Å². The molecule has 2 heterocycles. The molecule has 176 valence electrons. The molecule has 0 aliphatic rings. The Bertz CT molecular complexity index is 1490. The first-order valence-corrected chi connectivity index (χ1v) is 12.1. The number of pyridine rings is 1. The molecule has 0 bridgehead atoms. The minimum Gasteiger partial charge on any atom is -0.384 e. The van der Waals surface area contributed by atoms with Gasteiger partial charge in [0.2, 0.25) is 10.0 Å². The van der Waals surface area contributed by atoms with Gasteiger partial charge in [0.1, 0.15) is 11.5 Å². The number of nitrogens with one attached hydrogen (secondary N) is 2. The second-order valence-corrected chi connectivity index (χ2v) is 9.78. The van der Waals surface area contributed by atoms with Crippen molar-refractivity contribution >= 4 is 43.9 Å². The van der Waals surface area contributed by atoms with E-state index < -0.39 is 27.2 Å². The van der Waals surface area contributed by atoms with Crippen LogP contribution in [0.3, 0.4) is 0 Å². The van der Waals surface area contributed by atoms with Crippen molar-refractivity contribution in [3.8, 4) is 11.1 Å². The van der Waals surface area contributed by atoms with Crippen molar-refractivity contribution in [2.24, 2.45) is 0 Å². The van der Waals surface area contributed by atoms with Gasteiger partial charge in [0.05, 0.1) is 23.6 Å². The number of H-pyrrole nitrogens is 1. The second-order valence-electron chi connectivity index (χ2n) is 7.51. The minimum absolute atomic E-state index is 0.0363. The first kappa shape index (κ1) is 23.9. The number of rotatable bonds is 8. The maximum atomic E-state index is 15.3. The molecule has 34 heavy (non-hydrogen) atoms. The lowest BCUT2D eigenvalue weighted by atomic mass is 9.97. The summed E-state index contributed by atoms with van der Waals surface area (Å²) < 4.78 is 61.3. The number of hydrogen-bond donors (Lipinski definition) is 2.